The van der Waals surface area contributed by atoms with Gasteiger partial charge in [0.25, 0.3) is 0 Å². The van der Waals surface area contributed by atoms with Crippen molar-refractivity contribution in [3.8, 4) is 0 Å². The van der Waals surface area contributed by atoms with Gasteiger partial charge in [0.05, 0.1) is 12.7 Å². The maximum absolute atomic E-state index is 10.9. The maximum Gasteiger partial charge on any atom is 0.132 e. The van der Waals surface area contributed by atoms with E-state index >= 15 is 0 Å². The average molecular weight is 185 g/mol. The molecule has 1 atom stereocenters. The van der Waals surface area contributed by atoms with E-state index in [2.05, 4.69) is 18.7 Å². The summed E-state index contributed by atoms with van der Waals surface area (Å²) < 4.78 is 5.51. The van der Waals surface area contributed by atoms with Crippen molar-refractivity contribution in [3.63, 3.8) is 0 Å². The van der Waals surface area contributed by atoms with E-state index in [1.54, 1.807) is 6.92 Å². The first-order valence-corrected chi connectivity index (χ1v) is 4.94. The minimum absolute atomic E-state index is 0.119. The van der Waals surface area contributed by atoms with Crippen molar-refractivity contribution in [1.29, 1.82) is 0 Å². The Kier molecular flexibility index (Phi) is 3.88. The minimum atomic E-state index is 0.119. The molecule has 13 heavy (non-hydrogen) atoms. The van der Waals surface area contributed by atoms with Crippen LogP contribution in [0.25, 0.3) is 0 Å². The highest BCUT2D eigenvalue weighted by atomic mass is 16.5. The van der Waals surface area contributed by atoms with E-state index in [1.165, 1.54) is 0 Å². The Hall–Kier alpha value is -0.410. The van der Waals surface area contributed by atoms with E-state index in [0.29, 0.717) is 12.5 Å². The molecule has 3 heteroatoms. The van der Waals surface area contributed by atoms with Crippen LogP contribution in [0.1, 0.15) is 27.2 Å². The number of ketones is 1. The lowest BCUT2D eigenvalue weighted by Crippen LogP contribution is -2.46. The van der Waals surface area contributed by atoms with Crippen LogP contribution >= 0.6 is 0 Å². The zero-order valence-electron chi connectivity index (χ0n) is 8.75. The van der Waals surface area contributed by atoms with E-state index in [-0.39, 0.29) is 11.9 Å². The van der Waals surface area contributed by atoms with Crippen LogP contribution in [-0.2, 0) is 9.53 Å². The van der Waals surface area contributed by atoms with Crippen molar-refractivity contribution >= 4 is 5.78 Å². The molecule has 1 aliphatic heterocycles. The maximum atomic E-state index is 10.9. The average Bonchev–Trinajstić information content (AvgIpc) is 2.03. The van der Waals surface area contributed by atoms with Crippen LogP contribution in [0.2, 0.25) is 0 Å². The molecular formula is C10H19NO2. The normalized spacial score (nSPS) is 25.1. The van der Waals surface area contributed by atoms with Crippen LogP contribution in [-0.4, -0.2) is 42.5 Å². The third-order valence-electron chi connectivity index (χ3n) is 2.42. The van der Waals surface area contributed by atoms with Gasteiger partial charge in [-0.05, 0) is 20.8 Å². The van der Waals surface area contributed by atoms with Crippen molar-refractivity contribution < 1.29 is 9.53 Å². The molecule has 0 saturated carbocycles. The highest BCUT2D eigenvalue weighted by Crippen LogP contribution is 2.11. The predicted octanol–water partition coefficient (Wildman–Crippen LogP) is 1.07. The molecule has 76 valence electrons. The van der Waals surface area contributed by atoms with Gasteiger partial charge in [0.1, 0.15) is 5.78 Å². The lowest BCUT2D eigenvalue weighted by molar-refractivity contribution is -0.122. The van der Waals surface area contributed by atoms with E-state index in [0.717, 1.165) is 19.7 Å². The van der Waals surface area contributed by atoms with Gasteiger partial charge in [-0.2, -0.15) is 0 Å². The quantitative estimate of drug-likeness (QED) is 0.659. The third kappa shape index (κ3) is 3.44. The fraction of sp³-hybridized carbons (Fsp3) is 0.900. The van der Waals surface area contributed by atoms with Crippen LogP contribution in [0, 0.1) is 0 Å². The van der Waals surface area contributed by atoms with Crippen molar-refractivity contribution in [2.24, 2.45) is 0 Å². The SMILES string of the molecule is CC(=O)CC1CN(C(C)C)CCO1. The van der Waals surface area contributed by atoms with Gasteiger partial charge in [-0.3, -0.25) is 9.69 Å². The first-order valence-electron chi connectivity index (χ1n) is 4.94. The van der Waals surface area contributed by atoms with Crippen molar-refractivity contribution in [2.45, 2.75) is 39.3 Å². The Balaban J connectivity index is 2.37. The molecule has 1 aliphatic rings. The number of Topliss-reactive ketones (excluding diaryl/α,β-unsaturated/α-hetero) is 1. The van der Waals surface area contributed by atoms with Gasteiger partial charge >= 0.3 is 0 Å². The second kappa shape index (κ2) is 4.72. The number of hydrogen-bond donors (Lipinski definition) is 0. The lowest BCUT2D eigenvalue weighted by Gasteiger charge is -2.35. The second-order valence-electron chi connectivity index (χ2n) is 3.99. The molecule has 1 rings (SSSR count). The van der Waals surface area contributed by atoms with Crippen molar-refractivity contribution in [2.75, 3.05) is 19.7 Å². The Morgan fingerprint density at radius 3 is 2.85 bits per heavy atom. The van der Waals surface area contributed by atoms with Gasteiger partial charge in [0, 0.05) is 25.6 Å². The first-order chi connectivity index (χ1) is 6.09. The highest BCUT2D eigenvalue weighted by Gasteiger charge is 2.22. The summed E-state index contributed by atoms with van der Waals surface area (Å²) >= 11 is 0. The molecule has 3 nitrogen and oxygen atoms in total. The van der Waals surface area contributed by atoms with Crippen LogP contribution in [0.5, 0.6) is 0 Å². The third-order valence-corrected chi connectivity index (χ3v) is 2.42. The second-order valence-corrected chi connectivity index (χ2v) is 3.99. The fourth-order valence-corrected chi connectivity index (χ4v) is 1.66. The van der Waals surface area contributed by atoms with Gasteiger partial charge in [-0.1, -0.05) is 0 Å². The number of carbonyl (C=O) groups is 1. The van der Waals surface area contributed by atoms with Gasteiger partial charge in [0.2, 0.25) is 0 Å². The predicted molar refractivity (Wildman–Crippen MR) is 51.7 cm³/mol. The number of carbonyl (C=O) groups excluding carboxylic acids is 1. The van der Waals surface area contributed by atoms with Gasteiger partial charge in [-0.15, -0.1) is 0 Å². The summed E-state index contributed by atoms with van der Waals surface area (Å²) in [6, 6.07) is 0.554. The molecule has 0 amide bonds. The molecular weight excluding hydrogens is 166 g/mol. The molecule has 0 aromatic carbocycles. The molecule has 0 spiro atoms. The first kappa shape index (κ1) is 10.7. The Morgan fingerprint density at radius 2 is 2.31 bits per heavy atom. The minimum Gasteiger partial charge on any atom is -0.375 e. The summed E-state index contributed by atoms with van der Waals surface area (Å²) in [7, 11) is 0. The molecule has 0 aliphatic carbocycles. The smallest absolute Gasteiger partial charge is 0.132 e. The van der Waals surface area contributed by atoms with E-state index in [4.69, 9.17) is 4.74 Å². The molecule has 1 heterocycles. The molecule has 1 saturated heterocycles. The van der Waals surface area contributed by atoms with Gasteiger partial charge < -0.3 is 4.74 Å². The number of morpholine rings is 1. The van der Waals surface area contributed by atoms with Crippen LogP contribution in [0.4, 0.5) is 0 Å². The number of hydrogen-bond acceptors (Lipinski definition) is 3. The molecule has 0 radical (unpaired) electrons. The Bertz CT molecular complexity index is 180. The monoisotopic (exact) mass is 185 g/mol. The summed E-state index contributed by atoms with van der Waals surface area (Å²) in [4.78, 5) is 13.2. The molecule has 0 aromatic heterocycles. The molecule has 1 fully saturated rings. The topological polar surface area (TPSA) is 29.5 Å². The largest absolute Gasteiger partial charge is 0.375 e. The fourth-order valence-electron chi connectivity index (χ4n) is 1.66. The number of nitrogens with zero attached hydrogens (tertiary/aromatic N) is 1. The van der Waals surface area contributed by atoms with E-state index < -0.39 is 0 Å². The number of ether oxygens (including phenoxy) is 1. The lowest BCUT2D eigenvalue weighted by atomic mass is 10.1. The van der Waals surface area contributed by atoms with Gasteiger partial charge in [-0.25, -0.2) is 0 Å². The zero-order valence-corrected chi connectivity index (χ0v) is 8.75. The summed E-state index contributed by atoms with van der Waals surface area (Å²) in [5.41, 5.74) is 0. The summed E-state index contributed by atoms with van der Waals surface area (Å²) in [6.07, 6.45) is 0.678. The zero-order chi connectivity index (χ0) is 9.84. The van der Waals surface area contributed by atoms with Crippen LogP contribution < -0.4 is 0 Å². The van der Waals surface area contributed by atoms with Crippen molar-refractivity contribution in [1.82, 2.24) is 4.90 Å². The molecule has 0 bridgehead atoms. The highest BCUT2D eigenvalue weighted by molar-refractivity contribution is 5.76. The summed E-state index contributed by atoms with van der Waals surface area (Å²) in [6.45, 7) is 8.63. The molecule has 0 N–H and O–H groups in total. The standard InChI is InChI=1S/C10H19NO2/c1-8(2)11-4-5-13-10(7-11)6-9(3)12/h8,10H,4-7H2,1-3H3. The van der Waals surface area contributed by atoms with Gasteiger partial charge in [0.15, 0.2) is 0 Å². The summed E-state index contributed by atoms with van der Waals surface area (Å²) in [5, 5.41) is 0. The van der Waals surface area contributed by atoms with Crippen LogP contribution in [0.3, 0.4) is 0 Å². The molecule has 1 unspecified atom stereocenters. The molecule has 0 aromatic rings. The van der Waals surface area contributed by atoms with Crippen molar-refractivity contribution in [3.05, 3.63) is 0 Å². The van der Waals surface area contributed by atoms with E-state index in [9.17, 15) is 4.79 Å². The summed E-state index contributed by atoms with van der Waals surface area (Å²) in [5.74, 6) is 0.218. The number of rotatable bonds is 3. The Morgan fingerprint density at radius 1 is 1.62 bits per heavy atom. The van der Waals surface area contributed by atoms with E-state index in [1.807, 2.05) is 0 Å². The Labute approximate surface area is 80.1 Å². The van der Waals surface area contributed by atoms with Crippen LogP contribution in [0.15, 0.2) is 0 Å².